The maximum absolute atomic E-state index is 13.5. The number of piperidine rings is 1. The average molecular weight is 642 g/mol. The smallest absolute Gasteiger partial charge is 0.287 e. The first kappa shape index (κ1) is 31.2. The third kappa shape index (κ3) is 7.05. The fraction of sp³-hybridized carbons (Fsp3) is 0.306. The Kier molecular flexibility index (Phi) is 9.30. The van der Waals surface area contributed by atoms with Crippen molar-refractivity contribution in [3.63, 3.8) is 0 Å². The Morgan fingerprint density at radius 3 is 2.52 bits per heavy atom. The van der Waals surface area contributed by atoms with E-state index in [1.54, 1.807) is 0 Å². The molecule has 3 aromatic carbocycles. The van der Waals surface area contributed by atoms with Gasteiger partial charge in [-0.15, -0.1) is 0 Å². The van der Waals surface area contributed by atoms with Gasteiger partial charge in [0, 0.05) is 55.4 Å². The lowest BCUT2D eigenvalue weighted by atomic mass is 9.97. The largest absolute Gasteiger partial charge is 0.504 e. The molecule has 1 aromatic heterocycles. The van der Waals surface area contributed by atoms with Crippen LogP contribution < -0.4 is 20.4 Å². The molecule has 2 amide bonds. The number of phenols is 1. The van der Waals surface area contributed by atoms with Crippen molar-refractivity contribution in [2.24, 2.45) is 0 Å². The summed E-state index contributed by atoms with van der Waals surface area (Å²) in [6.07, 6.45) is 5.80. The Hall–Kier alpha value is -4.76. The van der Waals surface area contributed by atoms with E-state index in [0.717, 1.165) is 61.8 Å². The maximum atomic E-state index is 13.5. The number of benzene rings is 3. The summed E-state index contributed by atoms with van der Waals surface area (Å²) >= 11 is 6.12. The molecule has 46 heavy (non-hydrogen) atoms. The highest BCUT2D eigenvalue weighted by molar-refractivity contribution is 6.30. The predicted molar refractivity (Wildman–Crippen MR) is 178 cm³/mol. The molecular weight excluding hydrogens is 606 g/mol. The SMILES string of the molecule is COc1cc2oc(C(=O)NC(C=C3CCN(c4ccccc4CN4CCCC4=O)CC3)Cc3ccc(Cl)cc3)cc(=O)c2cc1O. The normalized spacial score (nSPS) is 15.7. The van der Waals surface area contributed by atoms with Gasteiger partial charge in [-0.1, -0.05) is 53.6 Å². The van der Waals surface area contributed by atoms with E-state index in [1.807, 2.05) is 41.3 Å². The number of methoxy groups -OCH3 is 1. The Morgan fingerprint density at radius 2 is 1.80 bits per heavy atom. The topological polar surface area (TPSA) is 112 Å². The van der Waals surface area contributed by atoms with E-state index in [4.69, 9.17) is 20.8 Å². The zero-order valence-electron chi connectivity index (χ0n) is 25.6. The number of carbonyl (C=O) groups is 2. The van der Waals surface area contributed by atoms with E-state index in [2.05, 4.69) is 28.4 Å². The first-order chi connectivity index (χ1) is 22.3. The van der Waals surface area contributed by atoms with Crippen molar-refractivity contribution < 1.29 is 23.8 Å². The highest BCUT2D eigenvalue weighted by Crippen LogP contribution is 2.31. The molecule has 9 nitrogen and oxygen atoms in total. The number of anilines is 1. The molecule has 4 aromatic rings. The maximum Gasteiger partial charge on any atom is 0.287 e. The lowest BCUT2D eigenvalue weighted by Gasteiger charge is -2.33. The van der Waals surface area contributed by atoms with Gasteiger partial charge >= 0.3 is 0 Å². The third-order valence-corrected chi connectivity index (χ3v) is 8.90. The molecule has 0 aliphatic carbocycles. The number of carbonyl (C=O) groups excluding carboxylic acids is 2. The summed E-state index contributed by atoms with van der Waals surface area (Å²) in [5.41, 5.74) is 4.23. The van der Waals surface area contributed by atoms with Crippen molar-refractivity contribution in [2.75, 3.05) is 31.6 Å². The quantitative estimate of drug-likeness (QED) is 0.221. The number of hydrogen-bond donors (Lipinski definition) is 2. The zero-order chi connectivity index (χ0) is 32.2. The molecule has 0 saturated carbocycles. The third-order valence-electron chi connectivity index (χ3n) is 8.65. The van der Waals surface area contributed by atoms with Crippen LogP contribution in [0.15, 0.2) is 87.6 Å². The van der Waals surface area contributed by atoms with Crippen molar-refractivity contribution >= 4 is 40.1 Å². The second-order valence-corrected chi connectivity index (χ2v) is 12.2. The number of aromatic hydroxyl groups is 1. The van der Waals surface area contributed by atoms with Crippen LogP contribution in [0.3, 0.4) is 0 Å². The number of ether oxygens (including phenoxy) is 1. The van der Waals surface area contributed by atoms with Gasteiger partial charge in [0.1, 0.15) is 5.58 Å². The van der Waals surface area contributed by atoms with E-state index >= 15 is 0 Å². The number of halogens is 1. The van der Waals surface area contributed by atoms with Gasteiger partial charge in [0.2, 0.25) is 5.91 Å². The first-order valence-electron chi connectivity index (χ1n) is 15.5. The van der Waals surface area contributed by atoms with Gasteiger partial charge in [0.25, 0.3) is 5.91 Å². The zero-order valence-corrected chi connectivity index (χ0v) is 26.4. The average Bonchev–Trinajstić information content (AvgIpc) is 3.46. The molecule has 2 aliphatic heterocycles. The number of para-hydroxylation sites is 1. The second-order valence-electron chi connectivity index (χ2n) is 11.8. The lowest BCUT2D eigenvalue weighted by Crippen LogP contribution is -2.37. The van der Waals surface area contributed by atoms with Crippen LogP contribution in [0.5, 0.6) is 11.5 Å². The van der Waals surface area contributed by atoms with Crippen LogP contribution in [0, 0.1) is 0 Å². The number of hydrogen-bond acceptors (Lipinski definition) is 7. The van der Waals surface area contributed by atoms with Crippen molar-refractivity contribution in [3.05, 3.63) is 111 Å². The lowest BCUT2D eigenvalue weighted by molar-refractivity contribution is -0.128. The van der Waals surface area contributed by atoms with Gasteiger partial charge in [-0.2, -0.15) is 0 Å². The molecular formula is C36H36ClN3O6. The summed E-state index contributed by atoms with van der Waals surface area (Å²) < 4.78 is 11.0. The van der Waals surface area contributed by atoms with Crippen molar-refractivity contribution in [2.45, 2.75) is 44.7 Å². The van der Waals surface area contributed by atoms with Gasteiger partial charge in [-0.25, -0.2) is 0 Å². The second kappa shape index (κ2) is 13.7. The van der Waals surface area contributed by atoms with Gasteiger partial charge in [-0.05, 0) is 61.1 Å². The summed E-state index contributed by atoms with van der Waals surface area (Å²) in [4.78, 5) is 42.9. The van der Waals surface area contributed by atoms with Crippen molar-refractivity contribution in [1.82, 2.24) is 10.2 Å². The number of nitrogens with one attached hydrogen (secondary N) is 1. The van der Waals surface area contributed by atoms with Crippen LogP contribution in [-0.2, 0) is 17.8 Å². The fourth-order valence-electron chi connectivity index (χ4n) is 6.23. The Balaban J connectivity index is 1.20. The number of phenolic OH excluding ortho intramolecular Hbond substituents is 1. The van der Waals surface area contributed by atoms with Gasteiger partial charge in [0.15, 0.2) is 22.7 Å². The number of nitrogens with zero attached hydrogens (tertiary/aromatic N) is 2. The molecule has 0 radical (unpaired) electrons. The van der Waals surface area contributed by atoms with Crippen LogP contribution in [0.2, 0.25) is 5.02 Å². The van der Waals surface area contributed by atoms with Crippen LogP contribution in [0.1, 0.15) is 47.4 Å². The van der Waals surface area contributed by atoms with Crippen LogP contribution in [0.4, 0.5) is 5.69 Å². The highest BCUT2D eigenvalue weighted by Gasteiger charge is 2.24. The minimum absolute atomic E-state index is 0.132. The molecule has 238 valence electrons. The number of likely N-dealkylation sites (tertiary alicyclic amines) is 1. The van der Waals surface area contributed by atoms with Crippen LogP contribution in [-0.4, -0.2) is 54.6 Å². The van der Waals surface area contributed by atoms with Crippen LogP contribution >= 0.6 is 11.6 Å². The minimum atomic E-state index is -0.523. The molecule has 1 atom stereocenters. The van der Waals surface area contributed by atoms with E-state index in [1.165, 1.54) is 24.8 Å². The predicted octanol–water partition coefficient (Wildman–Crippen LogP) is 5.85. The molecule has 0 bridgehead atoms. The molecule has 0 spiro atoms. The Bertz CT molecular complexity index is 1840. The van der Waals surface area contributed by atoms with Crippen molar-refractivity contribution in [1.29, 1.82) is 0 Å². The molecule has 2 N–H and O–H groups in total. The summed E-state index contributed by atoms with van der Waals surface area (Å²) in [6.45, 7) is 3.06. The van der Waals surface area contributed by atoms with E-state index in [9.17, 15) is 19.5 Å². The molecule has 6 rings (SSSR count). The molecule has 10 heteroatoms. The minimum Gasteiger partial charge on any atom is -0.504 e. The van der Waals surface area contributed by atoms with Crippen molar-refractivity contribution in [3.8, 4) is 11.5 Å². The standard InChI is InChI=1S/C36H36ClN3O6/c1-45-33-21-32-28(19-31(33)42)30(41)20-34(46-32)36(44)38-27(17-23-8-10-26(37)11-9-23)18-24-12-15-39(16-13-24)29-6-3-2-5-25(29)22-40-14-4-7-35(40)43/h2-3,5-6,8-11,18-21,27,42H,4,7,12-17,22H2,1H3,(H,38,44). The molecule has 1 unspecified atom stereocenters. The highest BCUT2D eigenvalue weighted by atomic mass is 35.5. The van der Waals surface area contributed by atoms with E-state index in [0.29, 0.717) is 24.4 Å². The number of fused-ring (bicyclic) bond motifs is 1. The number of amides is 2. The monoisotopic (exact) mass is 641 g/mol. The van der Waals surface area contributed by atoms with E-state index in [-0.39, 0.29) is 40.2 Å². The van der Waals surface area contributed by atoms with E-state index < -0.39 is 11.3 Å². The first-order valence-corrected chi connectivity index (χ1v) is 15.9. The summed E-state index contributed by atoms with van der Waals surface area (Å²) in [5.74, 6) is -0.491. The van der Waals surface area contributed by atoms with Gasteiger partial charge < -0.3 is 29.4 Å². The Morgan fingerprint density at radius 1 is 1.04 bits per heavy atom. The van der Waals surface area contributed by atoms with Gasteiger partial charge in [-0.3, -0.25) is 14.4 Å². The molecule has 2 aliphatic rings. The molecule has 3 heterocycles. The number of rotatable bonds is 9. The Labute approximate surface area is 272 Å². The fourth-order valence-corrected chi connectivity index (χ4v) is 6.35. The van der Waals surface area contributed by atoms with Gasteiger partial charge in [0.05, 0.1) is 18.5 Å². The summed E-state index contributed by atoms with van der Waals surface area (Å²) in [6, 6.07) is 19.2. The van der Waals surface area contributed by atoms with Crippen LogP contribution in [0.25, 0.3) is 11.0 Å². The molecule has 2 saturated heterocycles. The summed E-state index contributed by atoms with van der Waals surface area (Å²) in [5, 5.41) is 13.9. The summed E-state index contributed by atoms with van der Waals surface area (Å²) in [7, 11) is 1.39. The molecule has 2 fully saturated rings.